The maximum atomic E-state index is 5.38. The lowest BCUT2D eigenvalue weighted by Gasteiger charge is -2.14. The molecule has 11 rings (SSSR count). The fraction of sp³-hybridized carbons (Fsp3) is 0.0204. The van der Waals surface area contributed by atoms with Gasteiger partial charge >= 0.3 is 0 Å². The fourth-order valence-electron chi connectivity index (χ4n) is 8.69. The normalized spacial score (nSPS) is 12.2. The Hall–Kier alpha value is -7.24. The molecule has 0 aliphatic rings. The standard InChI is InChI=1S/C49H33N5/c1-3-13-36-37-16-7-11-20-44(37)53(42(36)4-2)49-50-27-26-46(51-49)54-45-21-12-9-18-39(45)41-25-24-40-38-17-8-10-19-43(38)52(47(40)48(41)54)35-23-22-33-28-31-14-5-6-15-32(31)29-34(33)30-35/h3-30H,2H2,1H3/b13-3-. The zero-order chi connectivity index (χ0) is 35.9. The first-order valence-electron chi connectivity index (χ1n) is 18.3. The van der Waals surface area contributed by atoms with E-state index in [1.54, 1.807) is 0 Å². The highest BCUT2D eigenvalue weighted by Crippen LogP contribution is 2.42. The van der Waals surface area contributed by atoms with Crippen molar-refractivity contribution in [1.29, 1.82) is 0 Å². The van der Waals surface area contributed by atoms with E-state index in [2.05, 4.69) is 172 Å². The van der Waals surface area contributed by atoms with E-state index in [0.717, 1.165) is 55.7 Å². The second-order valence-electron chi connectivity index (χ2n) is 13.9. The first kappa shape index (κ1) is 30.4. The van der Waals surface area contributed by atoms with E-state index >= 15 is 0 Å². The van der Waals surface area contributed by atoms with E-state index in [9.17, 15) is 0 Å². The highest BCUT2D eigenvalue weighted by atomic mass is 15.2. The van der Waals surface area contributed by atoms with E-state index in [1.807, 2.05) is 25.3 Å². The third-order valence-corrected chi connectivity index (χ3v) is 11.0. The molecule has 0 amide bonds. The molecule has 4 aromatic heterocycles. The number of allylic oxidation sites excluding steroid dienone is 1. The van der Waals surface area contributed by atoms with Crippen molar-refractivity contribution in [3.05, 3.63) is 176 Å². The van der Waals surface area contributed by atoms with Crippen molar-refractivity contribution < 1.29 is 0 Å². The molecule has 54 heavy (non-hydrogen) atoms. The molecule has 0 bridgehead atoms. The van der Waals surface area contributed by atoms with Crippen LogP contribution in [0.15, 0.2) is 164 Å². The molecule has 0 N–H and O–H groups in total. The average Bonchev–Trinajstić information content (AvgIpc) is 3.86. The molecule has 0 fully saturated rings. The molecule has 5 nitrogen and oxygen atoms in total. The molecule has 0 spiro atoms. The Morgan fingerprint density at radius 1 is 0.519 bits per heavy atom. The van der Waals surface area contributed by atoms with Crippen LogP contribution in [0, 0.1) is 0 Å². The molecule has 0 radical (unpaired) electrons. The summed E-state index contributed by atoms with van der Waals surface area (Å²) in [5, 5.41) is 10.8. The Morgan fingerprint density at radius 3 is 1.78 bits per heavy atom. The molecular weight excluding hydrogens is 659 g/mol. The van der Waals surface area contributed by atoms with Crippen LogP contribution in [0.3, 0.4) is 0 Å². The molecule has 0 atom stereocenters. The van der Waals surface area contributed by atoms with E-state index < -0.39 is 0 Å². The van der Waals surface area contributed by atoms with Gasteiger partial charge in [-0.1, -0.05) is 116 Å². The SMILES string of the molecule is C=Cc1c(/C=C\C)c2ccccc2n1-c1nccc(-n2c3ccccc3c3ccc4c5ccccc5n(-c5ccc6cc7ccccc7cc6c5)c4c32)n1. The highest BCUT2D eigenvalue weighted by Gasteiger charge is 2.23. The molecule has 4 heterocycles. The summed E-state index contributed by atoms with van der Waals surface area (Å²) in [4.78, 5) is 10.3. The summed E-state index contributed by atoms with van der Waals surface area (Å²) in [6.07, 6.45) is 7.98. The number of aromatic nitrogens is 5. The van der Waals surface area contributed by atoms with Crippen LogP contribution in [0.2, 0.25) is 0 Å². The van der Waals surface area contributed by atoms with Gasteiger partial charge in [0.05, 0.1) is 33.3 Å². The van der Waals surface area contributed by atoms with Crippen LogP contribution in [-0.2, 0) is 0 Å². The van der Waals surface area contributed by atoms with Gasteiger partial charge in [-0.3, -0.25) is 9.13 Å². The van der Waals surface area contributed by atoms with E-state index in [0.29, 0.717) is 5.95 Å². The summed E-state index contributed by atoms with van der Waals surface area (Å²) in [5.74, 6) is 1.38. The van der Waals surface area contributed by atoms with Crippen LogP contribution in [0.4, 0.5) is 0 Å². The van der Waals surface area contributed by atoms with Gasteiger partial charge in [-0.05, 0) is 83.1 Å². The quantitative estimate of drug-likeness (QED) is 0.169. The van der Waals surface area contributed by atoms with Gasteiger partial charge in [-0.15, -0.1) is 0 Å². The van der Waals surface area contributed by atoms with Crippen LogP contribution in [-0.4, -0.2) is 23.7 Å². The van der Waals surface area contributed by atoms with Gasteiger partial charge in [0.1, 0.15) is 5.82 Å². The molecule has 0 saturated heterocycles. The molecule has 7 aromatic carbocycles. The summed E-state index contributed by atoms with van der Waals surface area (Å²) >= 11 is 0. The summed E-state index contributed by atoms with van der Waals surface area (Å²) < 4.78 is 6.90. The first-order chi connectivity index (χ1) is 26.7. The Morgan fingerprint density at radius 2 is 1.09 bits per heavy atom. The fourth-order valence-corrected chi connectivity index (χ4v) is 8.69. The zero-order valence-electron chi connectivity index (χ0n) is 29.6. The van der Waals surface area contributed by atoms with Gasteiger partial charge in [-0.2, -0.15) is 4.98 Å². The van der Waals surface area contributed by atoms with Crippen molar-refractivity contribution in [3.63, 3.8) is 0 Å². The van der Waals surface area contributed by atoms with Gasteiger partial charge in [-0.25, -0.2) is 4.98 Å². The molecule has 0 unspecified atom stereocenters. The number of hydrogen-bond donors (Lipinski definition) is 0. The van der Waals surface area contributed by atoms with E-state index in [4.69, 9.17) is 9.97 Å². The van der Waals surface area contributed by atoms with Gasteiger partial charge in [0.2, 0.25) is 5.95 Å². The van der Waals surface area contributed by atoms with E-state index in [1.165, 1.54) is 43.1 Å². The number of rotatable bonds is 5. The van der Waals surface area contributed by atoms with Crippen LogP contribution < -0.4 is 0 Å². The van der Waals surface area contributed by atoms with Crippen molar-refractivity contribution in [1.82, 2.24) is 23.7 Å². The Labute approximate surface area is 311 Å². The minimum Gasteiger partial charge on any atom is -0.307 e. The molecule has 0 aliphatic heterocycles. The van der Waals surface area contributed by atoms with Crippen LogP contribution in [0.5, 0.6) is 0 Å². The monoisotopic (exact) mass is 691 g/mol. The second-order valence-corrected chi connectivity index (χ2v) is 13.9. The molecule has 0 saturated carbocycles. The van der Waals surface area contributed by atoms with Crippen molar-refractivity contribution in [2.45, 2.75) is 6.92 Å². The first-order valence-corrected chi connectivity index (χ1v) is 18.3. The Bertz CT molecular complexity index is 3370. The van der Waals surface area contributed by atoms with Crippen LogP contribution in [0.1, 0.15) is 18.2 Å². The number of nitrogens with zero attached hydrogens (tertiary/aromatic N) is 5. The number of benzene rings is 7. The number of fused-ring (bicyclic) bond motifs is 10. The predicted octanol–water partition coefficient (Wildman–Crippen LogP) is 12.6. The van der Waals surface area contributed by atoms with Gasteiger partial charge in [0, 0.05) is 44.4 Å². The Kier molecular flexibility index (Phi) is 6.55. The minimum absolute atomic E-state index is 0.592. The third kappa shape index (κ3) is 4.27. The van der Waals surface area contributed by atoms with E-state index in [-0.39, 0.29) is 0 Å². The second kappa shape index (κ2) is 11.6. The maximum absolute atomic E-state index is 5.38. The average molecular weight is 692 g/mol. The summed E-state index contributed by atoms with van der Waals surface area (Å²) in [7, 11) is 0. The lowest BCUT2D eigenvalue weighted by Crippen LogP contribution is -2.07. The lowest BCUT2D eigenvalue weighted by molar-refractivity contribution is 0.923. The topological polar surface area (TPSA) is 40.6 Å². The van der Waals surface area contributed by atoms with Crippen molar-refractivity contribution in [2.75, 3.05) is 0 Å². The predicted molar refractivity (Wildman–Crippen MR) is 227 cm³/mol. The molecule has 0 aliphatic carbocycles. The minimum atomic E-state index is 0.592. The molecule has 5 heteroatoms. The van der Waals surface area contributed by atoms with Gasteiger partial charge in [0.15, 0.2) is 0 Å². The molecule has 11 aromatic rings. The van der Waals surface area contributed by atoms with Crippen molar-refractivity contribution >= 4 is 88.2 Å². The molecular formula is C49H33N5. The Balaban J connectivity index is 1.24. The maximum Gasteiger partial charge on any atom is 0.236 e. The molecule has 254 valence electrons. The number of para-hydroxylation sites is 3. The summed E-state index contributed by atoms with van der Waals surface area (Å²) in [6, 6.07) is 52.4. The third-order valence-electron chi connectivity index (χ3n) is 11.0. The number of hydrogen-bond acceptors (Lipinski definition) is 2. The van der Waals surface area contributed by atoms with Crippen molar-refractivity contribution in [2.24, 2.45) is 0 Å². The highest BCUT2D eigenvalue weighted by molar-refractivity contribution is 6.24. The lowest BCUT2D eigenvalue weighted by atomic mass is 10.0. The zero-order valence-corrected chi connectivity index (χ0v) is 29.6. The van der Waals surface area contributed by atoms with Gasteiger partial charge < -0.3 is 4.57 Å². The van der Waals surface area contributed by atoms with Crippen LogP contribution >= 0.6 is 0 Å². The van der Waals surface area contributed by atoms with Gasteiger partial charge in [0.25, 0.3) is 0 Å². The summed E-state index contributed by atoms with van der Waals surface area (Å²) in [5.41, 5.74) is 8.69. The van der Waals surface area contributed by atoms with Crippen molar-refractivity contribution in [3.8, 4) is 17.5 Å². The summed E-state index contributed by atoms with van der Waals surface area (Å²) in [6.45, 7) is 6.26. The largest absolute Gasteiger partial charge is 0.307 e. The van der Waals surface area contributed by atoms with Crippen LogP contribution in [0.25, 0.3) is 106 Å². The smallest absolute Gasteiger partial charge is 0.236 e.